The number of rotatable bonds is 6. The number of carbonyl (C=O) groups excluding carboxylic acids is 1. The van der Waals surface area contributed by atoms with Crippen LogP contribution in [0.4, 0.5) is 20.2 Å². The molecule has 3 aromatic rings. The third-order valence-corrected chi connectivity index (χ3v) is 4.28. The highest BCUT2D eigenvalue weighted by Crippen LogP contribution is 2.27. The molecule has 0 spiro atoms. The number of imidazole rings is 1. The Morgan fingerprint density at radius 2 is 1.96 bits per heavy atom. The van der Waals surface area contributed by atoms with Crippen molar-refractivity contribution in [2.24, 2.45) is 0 Å². The SMILES string of the molecule is CNc1ccc([N+](=O)[O-])cc1C(=O)N[C@H](C)c1nc2ccccc2n1C(F)F. The van der Waals surface area contributed by atoms with Gasteiger partial charge in [0, 0.05) is 24.9 Å². The third kappa shape index (κ3) is 3.48. The van der Waals surface area contributed by atoms with E-state index in [1.54, 1.807) is 25.2 Å². The number of hydrogen-bond donors (Lipinski definition) is 2. The van der Waals surface area contributed by atoms with E-state index < -0.39 is 23.4 Å². The molecule has 0 aliphatic carbocycles. The Labute approximate surface area is 158 Å². The summed E-state index contributed by atoms with van der Waals surface area (Å²) < 4.78 is 28.0. The molecule has 1 amide bonds. The van der Waals surface area contributed by atoms with Gasteiger partial charge in [-0.3, -0.25) is 19.5 Å². The van der Waals surface area contributed by atoms with Crippen molar-refractivity contribution in [1.82, 2.24) is 14.9 Å². The van der Waals surface area contributed by atoms with Crippen molar-refractivity contribution in [3.8, 4) is 0 Å². The van der Waals surface area contributed by atoms with Crippen LogP contribution in [-0.4, -0.2) is 27.4 Å². The van der Waals surface area contributed by atoms with Crippen molar-refractivity contribution in [2.45, 2.75) is 19.5 Å². The van der Waals surface area contributed by atoms with Gasteiger partial charge < -0.3 is 10.6 Å². The second kappa shape index (κ2) is 7.59. The lowest BCUT2D eigenvalue weighted by Crippen LogP contribution is -2.29. The van der Waals surface area contributed by atoms with Crippen LogP contribution < -0.4 is 10.6 Å². The molecule has 8 nitrogen and oxygen atoms in total. The number of carbonyl (C=O) groups is 1. The summed E-state index contributed by atoms with van der Waals surface area (Å²) in [4.78, 5) is 27.3. The number of nitro benzene ring substituents is 1. The molecule has 28 heavy (non-hydrogen) atoms. The minimum absolute atomic E-state index is 0.0130. The van der Waals surface area contributed by atoms with Gasteiger partial charge in [0.05, 0.1) is 27.6 Å². The van der Waals surface area contributed by atoms with Crippen LogP contribution in [0.1, 0.15) is 35.7 Å². The monoisotopic (exact) mass is 389 g/mol. The first-order valence-electron chi connectivity index (χ1n) is 8.35. The number of amides is 1. The number of alkyl halides is 2. The quantitative estimate of drug-likeness (QED) is 0.492. The number of aromatic nitrogens is 2. The zero-order chi connectivity index (χ0) is 20.4. The smallest absolute Gasteiger partial charge is 0.320 e. The summed E-state index contributed by atoms with van der Waals surface area (Å²) in [7, 11) is 1.57. The molecule has 0 aliphatic rings. The van der Waals surface area contributed by atoms with Crippen LogP contribution in [0.3, 0.4) is 0 Å². The van der Waals surface area contributed by atoms with Gasteiger partial charge in [-0.2, -0.15) is 8.78 Å². The summed E-state index contributed by atoms with van der Waals surface area (Å²) in [5.41, 5.74) is 0.780. The van der Waals surface area contributed by atoms with Gasteiger partial charge in [0.25, 0.3) is 11.6 Å². The molecule has 1 aromatic heterocycles. The Hall–Kier alpha value is -3.56. The number of nitrogens with zero attached hydrogens (tertiary/aromatic N) is 3. The molecule has 1 heterocycles. The molecule has 0 unspecified atom stereocenters. The largest absolute Gasteiger partial charge is 0.387 e. The van der Waals surface area contributed by atoms with Gasteiger partial charge >= 0.3 is 6.55 Å². The van der Waals surface area contributed by atoms with Gasteiger partial charge in [0.1, 0.15) is 5.82 Å². The standard InChI is InChI=1S/C18H17F2N5O3/c1-10(16-23-14-5-3-4-6-15(14)24(16)18(19)20)22-17(26)12-9-11(25(27)28)7-8-13(12)21-2/h3-10,18,21H,1-2H3,(H,22,26)/t10-/m1/s1. The average Bonchev–Trinajstić information content (AvgIpc) is 3.07. The normalized spacial score (nSPS) is 12.2. The summed E-state index contributed by atoms with van der Waals surface area (Å²) in [6, 6.07) is 9.37. The Bertz CT molecular complexity index is 1050. The Kier molecular flexibility index (Phi) is 5.21. The number of non-ortho nitro benzene ring substituents is 1. The minimum atomic E-state index is -2.84. The van der Waals surface area contributed by atoms with Crippen LogP contribution in [0, 0.1) is 10.1 Å². The maximum atomic E-state index is 13.6. The lowest BCUT2D eigenvalue weighted by molar-refractivity contribution is -0.384. The molecule has 0 saturated heterocycles. The highest BCUT2D eigenvalue weighted by Gasteiger charge is 2.24. The van der Waals surface area contributed by atoms with Gasteiger partial charge in [-0.05, 0) is 25.1 Å². The van der Waals surface area contributed by atoms with E-state index in [1.807, 2.05) is 0 Å². The number of benzene rings is 2. The topological polar surface area (TPSA) is 102 Å². The zero-order valence-corrected chi connectivity index (χ0v) is 15.0. The zero-order valence-electron chi connectivity index (χ0n) is 15.0. The van der Waals surface area contributed by atoms with Gasteiger partial charge in [-0.1, -0.05) is 12.1 Å². The number of anilines is 1. The second-order valence-electron chi connectivity index (χ2n) is 6.04. The lowest BCUT2D eigenvalue weighted by Gasteiger charge is -2.17. The molecule has 146 valence electrons. The molecule has 10 heteroatoms. The maximum Gasteiger partial charge on any atom is 0.320 e. The van der Waals surface area contributed by atoms with Crippen molar-refractivity contribution < 1.29 is 18.5 Å². The number of hydrogen-bond acceptors (Lipinski definition) is 5. The van der Waals surface area contributed by atoms with Gasteiger partial charge in [0.15, 0.2) is 0 Å². The molecule has 0 aliphatic heterocycles. The third-order valence-electron chi connectivity index (χ3n) is 4.28. The van der Waals surface area contributed by atoms with Gasteiger partial charge in [-0.25, -0.2) is 4.98 Å². The maximum absolute atomic E-state index is 13.6. The summed E-state index contributed by atoms with van der Waals surface area (Å²) in [5, 5.41) is 16.4. The summed E-state index contributed by atoms with van der Waals surface area (Å²) in [6.45, 7) is -1.32. The second-order valence-corrected chi connectivity index (χ2v) is 6.04. The Morgan fingerprint density at radius 1 is 1.25 bits per heavy atom. The fraction of sp³-hybridized carbons (Fsp3) is 0.222. The van der Waals surface area contributed by atoms with Crippen LogP contribution in [0.15, 0.2) is 42.5 Å². The minimum Gasteiger partial charge on any atom is -0.387 e. The molecule has 0 radical (unpaired) electrons. The van der Waals surface area contributed by atoms with E-state index in [4.69, 9.17) is 0 Å². The van der Waals surface area contributed by atoms with Crippen molar-refractivity contribution in [3.63, 3.8) is 0 Å². The summed E-state index contributed by atoms with van der Waals surface area (Å²) in [5.74, 6) is -0.658. The number of halogens is 2. The molecule has 0 fully saturated rings. The van der Waals surface area contributed by atoms with E-state index in [9.17, 15) is 23.7 Å². The fourth-order valence-electron chi connectivity index (χ4n) is 2.96. The number of nitro groups is 1. The number of fused-ring (bicyclic) bond motifs is 1. The van der Waals surface area contributed by atoms with Gasteiger partial charge in [-0.15, -0.1) is 0 Å². The van der Waals surface area contributed by atoms with Gasteiger partial charge in [0.2, 0.25) is 0 Å². The molecular weight excluding hydrogens is 372 g/mol. The first-order valence-corrected chi connectivity index (χ1v) is 8.35. The van der Waals surface area contributed by atoms with Crippen LogP contribution >= 0.6 is 0 Å². The molecular formula is C18H17F2N5O3. The van der Waals surface area contributed by atoms with Crippen LogP contribution in [0.2, 0.25) is 0 Å². The summed E-state index contributed by atoms with van der Waals surface area (Å²) in [6.07, 6.45) is 0. The van der Waals surface area contributed by atoms with Crippen LogP contribution in [0.25, 0.3) is 11.0 Å². The van der Waals surface area contributed by atoms with Crippen molar-refractivity contribution in [1.29, 1.82) is 0 Å². The Morgan fingerprint density at radius 3 is 2.61 bits per heavy atom. The first-order chi connectivity index (χ1) is 13.3. The fourth-order valence-corrected chi connectivity index (χ4v) is 2.96. The highest BCUT2D eigenvalue weighted by atomic mass is 19.3. The van der Waals surface area contributed by atoms with Crippen molar-refractivity contribution in [3.05, 3.63) is 64.0 Å². The van der Waals surface area contributed by atoms with E-state index in [0.717, 1.165) is 10.6 Å². The van der Waals surface area contributed by atoms with Crippen molar-refractivity contribution in [2.75, 3.05) is 12.4 Å². The van der Waals surface area contributed by atoms with E-state index in [-0.39, 0.29) is 22.6 Å². The lowest BCUT2D eigenvalue weighted by atomic mass is 10.1. The van der Waals surface area contributed by atoms with E-state index in [0.29, 0.717) is 11.2 Å². The van der Waals surface area contributed by atoms with E-state index >= 15 is 0 Å². The predicted octanol–water partition coefficient (Wildman–Crippen LogP) is 3.87. The average molecular weight is 389 g/mol. The Balaban J connectivity index is 1.96. The van der Waals surface area contributed by atoms with Crippen LogP contribution in [0.5, 0.6) is 0 Å². The highest BCUT2D eigenvalue weighted by molar-refractivity contribution is 6.00. The molecule has 3 rings (SSSR count). The molecule has 0 bridgehead atoms. The molecule has 2 aromatic carbocycles. The number of nitrogens with one attached hydrogen (secondary N) is 2. The van der Waals surface area contributed by atoms with Crippen LogP contribution in [-0.2, 0) is 0 Å². The summed E-state index contributed by atoms with van der Waals surface area (Å²) >= 11 is 0. The molecule has 1 atom stereocenters. The van der Waals surface area contributed by atoms with E-state index in [2.05, 4.69) is 15.6 Å². The number of para-hydroxylation sites is 2. The predicted molar refractivity (Wildman–Crippen MR) is 99.5 cm³/mol. The first kappa shape index (κ1) is 19.2. The molecule has 2 N–H and O–H groups in total. The van der Waals surface area contributed by atoms with Crippen molar-refractivity contribution >= 4 is 28.3 Å². The van der Waals surface area contributed by atoms with E-state index in [1.165, 1.54) is 25.1 Å². The molecule has 0 saturated carbocycles.